The van der Waals surface area contributed by atoms with Gasteiger partial charge in [0.15, 0.2) is 0 Å². The van der Waals surface area contributed by atoms with Gasteiger partial charge in [-0.25, -0.2) is 13.4 Å². The van der Waals surface area contributed by atoms with Crippen LogP contribution in [0.25, 0.3) is 0 Å². The van der Waals surface area contributed by atoms with E-state index in [0.717, 1.165) is 42.1 Å². The molecule has 0 atom stereocenters. The van der Waals surface area contributed by atoms with E-state index >= 15 is 0 Å². The smallest absolute Gasteiger partial charge is 0.354 e. The Hall–Kier alpha value is -2.18. The molecule has 7 nitrogen and oxygen atoms in total. The molecule has 1 saturated heterocycles. The van der Waals surface area contributed by atoms with Gasteiger partial charge in [0.1, 0.15) is 5.82 Å². The molecular formula is C22H26BrF3N4O3S. The summed E-state index contributed by atoms with van der Waals surface area (Å²) in [6, 6.07) is 8.21. The van der Waals surface area contributed by atoms with Crippen molar-refractivity contribution >= 4 is 37.7 Å². The second kappa shape index (κ2) is 11.5. The number of rotatable bonds is 9. The Kier molecular flexibility index (Phi) is 8.94. The summed E-state index contributed by atoms with van der Waals surface area (Å²) in [6.45, 7) is 1.04. The van der Waals surface area contributed by atoms with Crippen LogP contribution in [0.5, 0.6) is 0 Å². The van der Waals surface area contributed by atoms with Crippen molar-refractivity contribution < 1.29 is 26.4 Å². The first-order valence-corrected chi connectivity index (χ1v) is 13.4. The van der Waals surface area contributed by atoms with E-state index in [4.69, 9.17) is 0 Å². The van der Waals surface area contributed by atoms with Crippen LogP contribution in [0.1, 0.15) is 30.4 Å². The molecule has 0 unspecified atom stereocenters. The van der Waals surface area contributed by atoms with E-state index in [1.54, 1.807) is 17.0 Å². The first-order valence-electron chi connectivity index (χ1n) is 10.8. The van der Waals surface area contributed by atoms with Gasteiger partial charge in [0.05, 0.1) is 10.5 Å². The summed E-state index contributed by atoms with van der Waals surface area (Å²) in [5.74, 6) is 0.122. The van der Waals surface area contributed by atoms with E-state index in [1.165, 1.54) is 16.4 Å². The molecule has 1 fully saturated rings. The van der Waals surface area contributed by atoms with Crippen molar-refractivity contribution in [1.82, 2.24) is 14.6 Å². The predicted molar refractivity (Wildman–Crippen MR) is 126 cm³/mol. The maximum atomic E-state index is 13.0. The lowest BCUT2D eigenvalue weighted by Gasteiger charge is -2.34. The molecule has 0 spiro atoms. The summed E-state index contributed by atoms with van der Waals surface area (Å²) in [5, 5.41) is 3.67. The van der Waals surface area contributed by atoms with Gasteiger partial charge in [0.25, 0.3) is 0 Å². The molecule has 1 aliphatic rings. The van der Waals surface area contributed by atoms with Gasteiger partial charge in [-0.15, -0.1) is 0 Å². The van der Waals surface area contributed by atoms with Crippen molar-refractivity contribution in [3.05, 3.63) is 53.7 Å². The second-order valence-corrected chi connectivity index (χ2v) is 10.6. The zero-order valence-electron chi connectivity index (χ0n) is 18.4. The monoisotopic (exact) mass is 562 g/mol. The highest BCUT2D eigenvalue weighted by Crippen LogP contribution is 2.31. The fourth-order valence-electron chi connectivity index (χ4n) is 3.52. The molecule has 1 aromatic carbocycles. The number of piperazine rings is 1. The van der Waals surface area contributed by atoms with Crippen molar-refractivity contribution in [3.8, 4) is 0 Å². The van der Waals surface area contributed by atoms with Crippen LogP contribution in [-0.4, -0.2) is 55.1 Å². The maximum Gasteiger partial charge on any atom is 0.416 e. The van der Waals surface area contributed by atoms with Gasteiger partial charge in [-0.2, -0.15) is 17.5 Å². The van der Waals surface area contributed by atoms with E-state index in [0.29, 0.717) is 13.0 Å². The highest BCUT2D eigenvalue weighted by Gasteiger charge is 2.33. The lowest BCUT2D eigenvalue weighted by atomic mass is 10.2. The number of hydrogen-bond donors (Lipinski definition) is 1. The summed E-state index contributed by atoms with van der Waals surface area (Å²) in [6.07, 6.45) is -1.20. The van der Waals surface area contributed by atoms with Gasteiger partial charge >= 0.3 is 6.18 Å². The molecule has 0 aliphatic carbocycles. The van der Waals surface area contributed by atoms with Crippen LogP contribution in [0.15, 0.2) is 47.5 Å². The van der Waals surface area contributed by atoms with Crippen LogP contribution in [0.4, 0.5) is 19.0 Å². The summed E-state index contributed by atoms with van der Waals surface area (Å²) >= 11 is 3.32. The van der Waals surface area contributed by atoms with E-state index in [1.807, 2.05) is 0 Å². The summed E-state index contributed by atoms with van der Waals surface area (Å²) in [7, 11) is -3.75. The van der Waals surface area contributed by atoms with Crippen LogP contribution in [0, 0.1) is 0 Å². The Balaban J connectivity index is 1.56. The lowest BCUT2D eigenvalue weighted by molar-refractivity contribution is -0.137. The normalized spacial score (nSPS) is 15.4. The fraction of sp³-hybridized carbons (Fsp3) is 0.455. The molecule has 3 rings (SSSR count). The third kappa shape index (κ3) is 6.92. The van der Waals surface area contributed by atoms with Crippen molar-refractivity contribution in [2.45, 2.75) is 36.9 Å². The molecule has 12 heteroatoms. The van der Waals surface area contributed by atoms with E-state index in [-0.39, 0.29) is 42.8 Å². The van der Waals surface area contributed by atoms with Crippen molar-refractivity contribution in [2.24, 2.45) is 0 Å². The summed E-state index contributed by atoms with van der Waals surface area (Å²) < 4.78 is 66.2. The van der Waals surface area contributed by atoms with Gasteiger partial charge in [-0.05, 0) is 42.7 Å². The minimum atomic E-state index is -4.47. The van der Waals surface area contributed by atoms with Crippen LogP contribution in [-0.2, 0) is 27.5 Å². The zero-order chi connectivity index (χ0) is 24.8. The number of carbonyl (C=O) groups is 1. The Morgan fingerprint density at radius 3 is 2.35 bits per heavy atom. The molecule has 0 bridgehead atoms. The van der Waals surface area contributed by atoms with Crippen LogP contribution in [0.2, 0.25) is 0 Å². The van der Waals surface area contributed by atoms with Crippen molar-refractivity contribution in [2.75, 3.05) is 36.4 Å². The Morgan fingerprint density at radius 1 is 1.06 bits per heavy atom. The van der Waals surface area contributed by atoms with E-state index < -0.39 is 21.8 Å². The summed E-state index contributed by atoms with van der Waals surface area (Å²) in [5.41, 5.74) is -0.00371. The largest absolute Gasteiger partial charge is 0.416 e. The molecule has 2 heterocycles. The molecule has 2 aromatic rings. The SMILES string of the molecule is O=C(CCCCBr)NCc1ccc(S(=O)(=O)N2CCN(c3cc(C(F)(F)F)ccn3)CC2)cc1. The van der Waals surface area contributed by atoms with Crippen molar-refractivity contribution in [1.29, 1.82) is 0 Å². The highest BCUT2D eigenvalue weighted by atomic mass is 79.9. The number of sulfonamides is 1. The highest BCUT2D eigenvalue weighted by molar-refractivity contribution is 9.09. The molecule has 1 amide bonds. The quantitative estimate of drug-likeness (QED) is 0.371. The van der Waals surface area contributed by atoms with Crippen LogP contribution >= 0.6 is 15.9 Å². The Bertz CT molecular complexity index is 1070. The van der Waals surface area contributed by atoms with Gasteiger partial charge < -0.3 is 10.2 Å². The number of aromatic nitrogens is 1. The number of unbranched alkanes of at least 4 members (excludes halogenated alkanes) is 1. The van der Waals surface area contributed by atoms with E-state index in [2.05, 4.69) is 26.2 Å². The third-order valence-corrected chi connectivity index (χ3v) is 7.95. The number of halogens is 4. The number of hydrogen-bond acceptors (Lipinski definition) is 5. The molecule has 34 heavy (non-hydrogen) atoms. The van der Waals surface area contributed by atoms with Gasteiger partial charge in [-0.3, -0.25) is 4.79 Å². The van der Waals surface area contributed by atoms with Crippen molar-refractivity contribution in [3.63, 3.8) is 0 Å². The van der Waals surface area contributed by atoms with Gasteiger partial charge in [0, 0.05) is 50.7 Å². The third-order valence-electron chi connectivity index (χ3n) is 5.47. The molecule has 0 saturated carbocycles. The molecule has 186 valence electrons. The molecule has 1 aromatic heterocycles. The number of nitrogens with zero attached hydrogens (tertiary/aromatic N) is 3. The first kappa shape index (κ1) is 26.4. The molecule has 1 aliphatic heterocycles. The number of carbonyl (C=O) groups excluding carboxylic acids is 1. The molecule has 1 N–H and O–H groups in total. The lowest BCUT2D eigenvalue weighted by Crippen LogP contribution is -2.49. The molecule has 0 radical (unpaired) electrons. The average Bonchev–Trinajstić information content (AvgIpc) is 2.83. The number of alkyl halides is 4. The number of pyridine rings is 1. The minimum Gasteiger partial charge on any atom is -0.354 e. The maximum absolute atomic E-state index is 13.0. The topological polar surface area (TPSA) is 82.6 Å². The zero-order valence-corrected chi connectivity index (χ0v) is 20.8. The summed E-state index contributed by atoms with van der Waals surface area (Å²) in [4.78, 5) is 17.6. The minimum absolute atomic E-state index is 0.0502. The van der Waals surface area contributed by atoms with Gasteiger partial charge in [0.2, 0.25) is 15.9 Å². The number of amides is 1. The second-order valence-electron chi connectivity index (χ2n) is 7.86. The number of nitrogens with one attached hydrogen (secondary N) is 1. The molecular weight excluding hydrogens is 537 g/mol. The number of anilines is 1. The predicted octanol–water partition coefficient (Wildman–Crippen LogP) is 3.79. The standard InChI is InChI=1S/C22H26BrF3N4O3S/c23-9-2-1-3-21(31)28-16-17-4-6-19(7-5-17)34(32,33)30-13-11-29(12-14-30)20-15-18(8-10-27-20)22(24,25)26/h4-8,10,15H,1-3,9,11-14,16H2,(H,28,31). The van der Waals surface area contributed by atoms with Crippen LogP contribution < -0.4 is 10.2 Å². The fourth-order valence-corrected chi connectivity index (χ4v) is 5.34. The van der Waals surface area contributed by atoms with Crippen LogP contribution in [0.3, 0.4) is 0 Å². The first-order chi connectivity index (χ1) is 16.1. The number of benzene rings is 1. The Labute approximate surface area is 205 Å². The Morgan fingerprint density at radius 2 is 1.74 bits per heavy atom. The van der Waals surface area contributed by atoms with Gasteiger partial charge in [-0.1, -0.05) is 28.1 Å². The van der Waals surface area contributed by atoms with E-state index in [9.17, 15) is 26.4 Å². The average molecular weight is 563 g/mol.